The molecule has 0 spiro atoms. The molecule has 0 fully saturated rings. The van der Waals surface area contributed by atoms with Crippen LogP contribution in [-0.2, 0) is 6.42 Å². The highest BCUT2D eigenvalue weighted by atomic mass is 14.8. The van der Waals surface area contributed by atoms with Crippen molar-refractivity contribution in [2.24, 2.45) is 0 Å². The Morgan fingerprint density at radius 1 is 1.18 bits per heavy atom. The van der Waals surface area contributed by atoms with E-state index in [9.17, 15) is 0 Å². The van der Waals surface area contributed by atoms with Gasteiger partial charge in [0.15, 0.2) is 0 Å². The van der Waals surface area contributed by atoms with Gasteiger partial charge >= 0.3 is 0 Å². The lowest BCUT2D eigenvalue weighted by Crippen LogP contribution is -1.86. The molecule has 2 heteroatoms. The number of pyridine rings is 2. The molecule has 1 N–H and O–H groups in total. The van der Waals surface area contributed by atoms with Crippen molar-refractivity contribution in [1.82, 2.24) is 9.97 Å². The SMILES string of the molecule is CCc1c2cc(C)c[nH]c-2c2ncc(C)cc12. The monoisotopic (exact) mass is 224 g/mol. The standard InChI is InChI=1S/C15H16N2/c1-4-11-12-5-9(2)7-16-14(12)15-13(11)6-10(3)8-17-15/h5-8,16H,4H2,1-3H3. The first-order valence-electron chi connectivity index (χ1n) is 6.06. The van der Waals surface area contributed by atoms with Gasteiger partial charge in [0, 0.05) is 23.3 Å². The van der Waals surface area contributed by atoms with Crippen LogP contribution in [0.1, 0.15) is 23.6 Å². The van der Waals surface area contributed by atoms with Crippen molar-refractivity contribution in [3.05, 3.63) is 41.2 Å². The zero-order valence-corrected chi connectivity index (χ0v) is 10.5. The maximum atomic E-state index is 4.58. The molecule has 2 nitrogen and oxygen atoms in total. The van der Waals surface area contributed by atoms with Crippen LogP contribution in [-0.4, -0.2) is 9.97 Å². The van der Waals surface area contributed by atoms with Gasteiger partial charge in [-0.3, -0.25) is 4.98 Å². The number of aromatic nitrogens is 2. The summed E-state index contributed by atoms with van der Waals surface area (Å²) < 4.78 is 0. The zero-order valence-electron chi connectivity index (χ0n) is 10.5. The Kier molecular flexibility index (Phi) is 2.18. The van der Waals surface area contributed by atoms with E-state index in [4.69, 9.17) is 0 Å². The van der Waals surface area contributed by atoms with Gasteiger partial charge in [-0.2, -0.15) is 0 Å². The van der Waals surface area contributed by atoms with E-state index in [2.05, 4.69) is 42.9 Å². The molecule has 0 aromatic carbocycles. The van der Waals surface area contributed by atoms with Crippen molar-refractivity contribution in [1.29, 1.82) is 0 Å². The maximum Gasteiger partial charge on any atom is 0.0946 e. The lowest BCUT2D eigenvalue weighted by Gasteiger charge is -2.03. The lowest BCUT2D eigenvalue weighted by molar-refractivity contribution is 1.16. The van der Waals surface area contributed by atoms with Crippen LogP contribution < -0.4 is 0 Å². The summed E-state index contributed by atoms with van der Waals surface area (Å²) in [4.78, 5) is 7.95. The molecule has 0 amide bonds. The number of nitrogens with one attached hydrogen (secondary N) is 1. The molecule has 1 aromatic heterocycles. The van der Waals surface area contributed by atoms with E-state index in [0.717, 1.165) is 11.9 Å². The number of hydrogen-bond donors (Lipinski definition) is 1. The van der Waals surface area contributed by atoms with E-state index < -0.39 is 0 Å². The second-order valence-electron chi connectivity index (χ2n) is 4.71. The number of aryl methyl sites for hydroxylation is 3. The van der Waals surface area contributed by atoms with Crippen LogP contribution in [0.5, 0.6) is 0 Å². The number of fused-ring (bicyclic) bond motifs is 3. The summed E-state index contributed by atoms with van der Waals surface area (Å²) in [6.45, 7) is 6.42. The van der Waals surface area contributed by atoms with E-state index in [1.807, 2.05) is 12.4 Å². The molecule has 1 aliphatic carbocycles. The van der Waals surface area contributed by atoms with Gasteiger partial charge in [0.05, 0.1) is 11.2 Å². The molecule has 1 aromatic rings. The number of H-pyrrole nitrogens is 1. The highest BCUT2D eigenvalue weighted by Gasteiger charge is 2.17. The molecule has 1 aliphatic heterocycles. The average molecular weight is 224 g/mol. The summed E-state index contributed by atoms with van der Waals surface area (Å²) in [5.74, 6) is 0. The van der Waals surface area contributed by atoms with Crippen molar-refractivity contribution in [3.8, 4) is 11.3 Å². The highest BCUT2D eigenvalue weighted by Crippen LogP contribution is 2.37. The number of hydrogen-bond acceptors (Lipinski definition) is 1. The normalized spacial score (nSPS) is 11.5. The van der Waals surface area contributed by atoms with E-state index in [0.29, 0.717) is 0 Å². The molecule has 0 bridgehead atoms. The van der Waals surface area contributed by atoms with Crippen molar-refractivity contribution in [2.75, 3.05) is 0 Å². The van der Waals surface area contributed by atoms with E-state index in [1.54, 1.807) is 0 Å². The molecule has 0 unspecified atom stereocenters. The smallest absolute Gasteiger partial charge is 0.0946 e. The molecule has 86 valence electrons. The molecule has 2 aliphatic rings. The third-order valence-corrected chi connectivity index (χ3v) is 3.35. The van der Waals surface area contributed by atoms with Gasteiger partial charge in [0.25, 0.3) is 0 Å². The van der Waals surface area contributed by atoms with E-state index >= 15 is 0 Å². The van der Waals surface area contributed by atoms with Gasteiger partial charge in [-0.05, 0) is 49.1 Å². The Morgan fingerprint density at radius 3 is 2.76 bits per heavy atom. The minimum Gasteiger partial charge on any atom is -0.359 e. The summed E-state index contributed by atoms with van der Waals surface area (Å²) in [7, 11) is 0. The van der Waals surface area contributed by atoms with E-state index in [-0.39, 0.29) is 0 Å². The fourth-order valence-corrected chi connectivity index (χ4v) is 2.56. The van der Waals surface area contributed by atoms with Crippen molar-refractivity contribution < 1.29 is 0 Å². The summed E-state index contributed by atoms with van der Waals surface area (Å²) in [5, 5.41) is 1.30. The van der Waals surface area contributed by atoms with Crippen LogP contribution in [0.15, 0.2) is 24.5 Å². The van der Waals surface area contributed by atoms with Gasteiger partial charge in [0.2, 0.25) is 0 Å². The van der Waals surface area contributed by atoms with Crippen molar-refractivity contribution in [2.45, 2.75) is 27.2 Å². The van der Waals surface area contributed by atoms with Gasteiger partial charge < -0.3 is 4.98 Å². The molecule has 3 rings (SSSR count). The van der Waals surface area contributed by atoms with Crippen LogP contribution in [0.2, 0.25) is 0 Å². The minimum absolute atomic E-state index is 1.04. The van der Waals surface area contributed by atoms with Crippen LogP contribution in [0.3, 0.4) is 0 Å². The van der Waals surface area contributed by atoms with Crippen LogP contribution in [0.25, 0.3) is 22.2 Å². The lowest BCUT2D eigenvalue weighted by atomic mass is 10.1. The number of rotatable bonds is 1. The molecule has 0 saturated heterocycles. The molecular formula is C15H16N2. The van der Waals surface area contributed by atoms with Crippen molar-refractivity contribution >= 4 is 10.9 Å². The minimum atomic E-state index is 1.04. The van der Waals surface area contributed by atoms with Gasteiger partial charge in [-0.15, -0.1) is 0 Å². The first-order chi connectivity index (χ1) is 8.20. The maximum absolute atomic E-state index is 4.58. The second kappa shape index (κ2) is 3.59. The zero-order chi connectivity index (χ0) is 12.0. The summed E-state index contributed by atoms with van der Waals surface area (Å²) in [6, 6.07) is 4.49. The molecule has 2 heterocycles. The Hall–Kier alpha value is -1.83. The third kappa shape index (κ3) is 1.44. The van der Waals surface area contributed by atoms with Crippen LogP contribution in [0, 0.1) is 13.8 Å². The molecule has 0 atom stereocenters. The van der Waals surface area contributed by atoms with E-state index in [1.165, 1.54) is 33.3 Å². The Balaban J connectivity index is 2.51. The van der Waals surface area contributed by atoms with Gasteiger partial charge in [0.1, 0.15) is 0 Å². The second-order valence-corrected chi connectivity index (χ2v) is 4.71. The Labute approximate surface area is 101 Å². The van der Waals surface area contributed by atoms with Crippen molar-refractivity contribution in [3.63, 3.8) is 0 Å². The fraction of sp³-hybridized carbons (Fsp3) is 0.267. The summed E-state index contributed by atoms with van der Waals surface area (Å²) >= 11 is 0. The molecule has 0 radical (unpaired) electrons. The molecule has 17 heavy (non-hydrogen) atoms. The van der Waals surface area contributed by atoms with Gasteiger partial charge in [-0.25, -0.2) is 0 Å². The first kappa shape index (κ1) is 10.3. The summed E-state index contributed by atoms with van der Waals surface area (Å²) in [5.41, 5.74) is 7.48. The average Bonchev–Trinajstić information content (AvgIpc) is 2.60. The predicted octanol–water partition coefficient (Wildman–Crippen LogP) is 3.85. The summed E-state index contributed by atoms with van der Waals surface area (Å²) in [6.07, 6.45) is 5.03. The fourth-order valence-electron chi connectivity index (χ4n) is 2.56. The first-order valence-corrected chi connectivity index (χ1v) is 6.06. The highest BCUT2D eigenvalue weighted by molar-refractivity contribution is 6.02. The molecular weight excluding hydrogens is 208 g/mol. The predicted molar refractivity (Wildman–Crippen MR) is 71.6 cm³/mol. The Morgan fingerprint density at radius 2 is 2.00 bits per heavy atom. The third-order valence-electron chi connectivity index (χ3n) is 3.35. The van der Waals surface area contributed by atoms with Crippen LogP contribution in [0.4, 0.5) is 0 Å². The number of nitrogens with zero attached hydrogens (tertiary/aromatic N) is 1. The Bertz CT molecular complexity index is 664. The quantitative estimate of drug-likeness (QED) is 0.668. The molecule has 0 saturated carbocycles. The van der Waals surface area contributed by atoms with Gasteiger partial charge in [-0.1, -0.05) is 6.92 Å². The largest absolute Gasteiger partial charge is 0.359 e. The topological polar surface area (TPSA) is 28.7 Å². The van der Waals surface area contributed by atoms with Crippen LogP contribution >= 0.6 is 0 Å². The number of aromatic amines is 1.